The van der Waals surface area contributed by atoms with Crippen LogP contribution in [0.25, 0.3) is 0 Å². The predicted octanol–water partition coefficient (Wildman–Crippen LogP) is 1.42. The third-order valence-corrected chi connectivity index (χ3v) is 5.01. The van der Waals surface area contributed by atoms with Gasteiger partial charge in [0.05, 0.1) is 0 Å². The maximum absolute atomic E-state index is 12.5. The van der Waals surface area contributed by atoms with Crippen molar-refractivity contribution < 1.29 is 8.42 Å². The molecule has 1 aromatic rings. The molecule has 20 heavy (non-hydrogen) atoms. The van der Waals surface area contributed by atoms with Crippen LogP contribution in [0.1, 0.15) is 25.3 Å². The second-order valence-electron chi connectivity index (χ2n) is 4.79. The highest BCUT2D eigenvalue weighted by Crippen LogP contribution is 2.13. The first kappa shape index (κ1) is 17.1. The maximum Gasteiger partial charge on any atom is 0.282 e. The lowest BCUT2D eigenvalue weighted by Crippen LogP contribution is -2.42. The van der Waals surface area contributed by atoms with Crippen LogP contribution < -0.4 is 5.73 Å². The molecule has 0 spiro atoms. The standard InChI is InChI=1S/C14H25N3O2S/c1-3-11-17(13-14-8-5-4-6-9-14)20(18,19)16(2)12-7-10-15/h4-6,8-9H,3,7,10-13,15H2,1-2H3. The molecule has 0 aromatic heterocycles. The second kappa shape index (κ2) is 8.36. The molecular formula is C14H25N3O2S. The molecule has 0 radical (unpaired) electrons. The molecule has 0 saturated carbocycles. The second-order valence-corrected chi connectivity index (χ2v) is 6.83. The highest BCUT2D eigenvalue weighted by molar-refractivity contribution is 7.86. The molecule has 0 aliphatic carbocycles. The molecular weight excluding hydrogens is 274 g/mol. The lowest BCUT2D eigenvalue weighted by atomic mass is 10.2. The molecule has 0 bridgehead atoms. The van der Waals surface area contributed by atoms with Gasteiger partial charge in [-0.2, -0.15) is 17.0 Å². The molecule has 0 atom stereocenters. The summed E-state index contributed by atoms with van der Waals surface area (Å²) in [4.78, 5) is 0. The summed E-state index contributed by atoms with van der Waals surface area (Å²) in [5.41, 5.74) is 6.44. The smallest absolute Gasteiger partial charge is 0.282 e. The lowest BCUT2D eigenvalue weighted by Gasteiger charge is -2.27. The zero-order chi connectivity index (χ0) is 15.0. The van der Waals surface area contributed by atoms with Crippen LogP contribution in [0.2, 0.25) is 0 Å². The zero-order valence-electron chi connectivity index (χ0n) is 12.3. The highest BCUT2D eigenvalue weighted by atomic mass is 32.2. The van der Waals surface area contributed by atoms with E-state index < -0.39 is 10.2 Å². The van der Waals surface area contributed by atoms with Crippen molar-refractivity contribution in [1.29, 1.82) is 0 Å². The van der Waals surface area contributed by atoms with E-state index in [2.05, 4.69) is 0 Å². The molecule has 2 N–H and O–H groups in total. The monoisotopic (exact) mass is 299 g/mol. The summed E-state index contributed by atoms with van der Waals surface area (Å²) in [6.07, 6.45) is 1.46. The summed E-state index contributed by atoms with van der Waals surface area (Å²) < 4.78 is 28.0. The highest BCUT2D eigenvalue weighted by Gasteiger charge is 2.25. The lowest BCUT2D eigenvalue weighted by molar-refractivity contribution is 0.352. The Kier molecular flexibility index (Phi) is 7.15. The van der Waals surface area contributed by atoms with Gasteiger partial charge >= 0.3 is 0 Å². The SMILES string of the molecule is CCCN(Cc1ccccc1)S(=O)(=O)N(C)CCCN. The van der Waals surface area contributed by atoms with Gasteiger partial charge in [-0.1, -0.05) is 37.3 Å². The number of hydrogen-bond donors (Lipinski definition) is 1. The number of hydrogen-bond acceptors (Lipinski definition) is 3. The van der Waals surface area contributed by atoms with Crippen molar-refractivity contribution in [3.63, 3.8) is 0 Å². The van der Waals surface area contributed by atoms with Crippen molar-refractivity contribution >= 4 is 10.2 Å². The van der Waals surface area contributed by atoms with E-state index in [4.69, 9.17) is 5.73 Å². The van der Waals surface area contributed by atoms with Gasteiger partial charge in [0.2, 0.25) is 0 Å². The molecule has 0 aliphatic rings. The van der Waals surface area contributed by atoms with Crippen LogP contribution in [0, 0.1) is 0 Å². The molecule has 6 heteroatoms. The fraction of sp³-hybridized carbons (Fsp3) is 0.571. The maximum atomic E-state index is 12.5. The minimum Gasteiger partial charge on any atom is -0.330 e. The van der Waals surface area contributed by atoms with Gasteiger partial charge in [0.25, 0.3) is 10.2 Å². The largest absolute Gasteiger partial charge is 0.330 e. The number of benzene rings is 1. The van der Waals surface area contributed by atoms with Gasteiger partial charge < -0.3 is 5.73 Å². The molecule has 0 heterocycles. The van der Waals surface area contributed by atoms with Crippen LogP contribution in [0.15, 0.2) is 30.3 Å². The van der Waals surface area contributed by atoms with Gasteiger partial charge in [0.1, 0.15) is 0 Å². The van der Waals surface area contributed by atoms with E-state index in [0.29, 0.717) is 32.6 Å². The molecule has 0 saturated heterocycles. The normalized spacial score (nSPS) is 12.2. The number of rotatable bonds is 9. The van der Waals surface area contributed by atoms with Crippen molar-refractivity contribution in [2.24, 2.45) is 5.73 Å². The molecule has 5 nitrogen and oxygen atoms in total. The Morgan fingerprint density at radius 2 is 1.80 bits per heavy atom. The topological polar surface area (TPSA) is 66.6 Å². The zero-order valence-corrected chi connectivity index (χ0v) is 13.1. The molecule has 0 unspecified atom stereocenters. The fourth-order valence-electron chi connectivity index (χ4n) is 1.94. The quantitative estimate of drug-likeness (QED) is 0.750. The summed E-state index contributed by atoms with van der Waals surface area (Å²) in [5.74, 6) is 0. The number of nitrogens with two attached hydrogens (primary N) is 1. The van der Waals surface area contributed by atoms with E-state index in [0.717, 1.165) is 12.0 Å². The van der Waals surface area contributed by atoms with Crippen molar-refractivity contribution in [2.45, 2.75) is 26.3 Å². The van der Waals surface area contributed by atoms with E-state index in [1.807, 2.05) is 37.3 Å². The summed E-state index contributed by atoms with van der Waals surface area (Å²) in [6.45, 7) is 3.85. The molecule has 0 aliphatic heterocycles. The van der Waals surface area contributed by atoms with Gasteiger partial charge in [0, 0.05) is 26.7 Å². The van der Waals surface area contributed by atoms with Crippen LogP contribution >= 0.6 is 0 Å². The van der Waals surface area contributed by atoms with Gasteiger partial charge in [-0.25, -0.2) is 0 Å². The third-order valence-electron chi connectivity index (χ3n) is 3.07. The number of nitrogens with zero attached hydrogens (tertiary/aromatic N) is 2. The minimum absolute atomic E-state index is 0.407. The summed E-state index contributed by atoms with van der Waals surface area (Å²) in [7, 11) is -1.81. The van der Waals surface area contributed by atoms with E-state index >= 15 is 0 Å². The molecule has 0 amide bonds. The van der Waals surface area contributed by atoms with E-state index in [1.165, 1.54) is 8.61 Å². The van der Waals surface area contributed by atoms with Crippen LogP contribution in [0.3, 0.4) is 0 Å². The van der Waals surface area contributed by atoms with Crippen LogP contribution in [-0.2, 0) is 16.8 Å². The molecule has 0 fully saturated rings. The Labute approximate surface area is 122 Å². The van der Waals surface area contributed by atoms with Gasteiger partial charge in [-0.15, -0.1) is 0 Å². The average Bonchev–Trinajstić information content (AvgIpc) is 2.45. The Hall–Kier alpha value is -0.950. The van der Waals surface area contributed by atoms with Crippen LogP contribution in [-0.4, -0.2) is 43.7 Å². The van der Waals surface area contributed by atoms with Crippen LogP contribution in [0.5, 0.6) is 0 Å². The first-order chi connectivity index (χ1) is 9.52. The molecule has 1 aromatic carbocycles. The third kappa shape index (κ3) is 4.86. The van der Waals surface area contributed by atoms with Crippen molar-refractivity contribution in [3.05, 3.63) is 35.9 Å². The van der Waals surface area contributed by atoms with Crippen molar-refractivity contribution in [3.8, 4) is 0 Å². The Morgan fingerprint density at radius 1 is 1.15 bits per heavy atom. The molecule has 114 valence electrons. The molecule has 1 rings (SSSR count). The fourth-order valence-corrected chi connectivity index (χ4v) is 3.42. The van der Waals surface area contributed by atoms with Crippen LogP contribution in [0.4, 0.5) is 0 Å². The first-order valence-electron chi connectivity index (χ1n) is 6.97. The first-order valence-corrected chi connectivity index (χ1v) is 8.37. The van der Waals surface area contributed by atoms with Crippen molar-refractivity contribution in [1.82, 2.24) is 8.61 Å². The minimum atomic E-state index is -3.42. The van der Waals surface area contributed by atoms with E-state index in [9.17, 15) is 8.42 Å². The summed E-state index contributed by atoms with van der Waals surface area (Å²) in [5, 5.41) is 0. The summed E-state index contributed by atoms with van der Waals surface area (Å²) in [6, 6.07) is 9.65. The Balaban J connectivity index is 2.83. The summed E-state index contributed by atoms with van der Waals surface area (Å²) >= 11 is 0. The predicted molar refractivity (Wildman–Crippen MR) is 82.4 cm³/mol. The van der Waals surface area contributed by atoms with Gasteiger partial charge in [0.15, 0.2) is 0 Å². The van der Waals surface area contributed by atoms with Crippen molar-refractivity contribution in [2.75, 3.05) is 26.7 Å². The van der Waals surface area contributed by atoms with Gasteiger partial charge in [-0.3, -0.25) is 0 Å². The van der Waals surface area contributed by atoms with E-state index in [-0.39, 0.29) is 0 Å². The Bertz CT molecular complexity index is 476. The van der Waals surface area contributed by atoms with Gasteiger partial charge in [-0.05, 0) is 24.9 Å². The Morgan fingerprint density at radius 3 is 2.35 bits per heavy atom. The van der Waals surface area contributed by atoms with E-state index in [1.54, 1.807) is 7.05 Å². The average molecular weight is 299 g/mol.